The fourth-order valence-electron chi connectivity index (χ4n) is 2.25. The molecule has 0 bridgehead atoms. The van der Waals surface area contributed by atoms with Gasteiger partial charge in [-0.3, -0.25) is 9.59 Å². The highest BCUT2D eigenvalue weighted by atomic mass is 19.1. The highest BCUT2D eigenvalue weighted by Crippen LogP contribution is 2.20. The third-order valence-electron chi connectivity index (χ3n) is 3.55. The molecule has 8 nitrogen and oxygen atoms in total. The second kappa shape index (κ2) is 7.88. The molecule has 0 aliphatic rings. The molecule has 0 spiro atoms. The van der Waals surface area contributed by atoms with Crippen LogP contribution in [-0.4, -0.2) is 26.6 Å². The van der Waals surface area contributed by atoms with Gasteiger partial charge in [-0.25, -0.2) is 14.1 Å². The maximum absolute atomic E-state index is 14.0. The summed E-state index contributed by atoms with van der Waals surface area (Å²) in [6.45, 7) is -0.124. The van der Waals surface area contributed by atoms with E-state index in [1.165, 1.54) is 53.7 Å². The smallest absolute Gasteiger partial charge is 0.255 e. The molecule has 0 saturated carbocycles. The molecule has 9 heteroatoms. The summed E-state index contributed by atoms with van der Waals surface area (Å²) in [5.74, 6) is -1.56. The van der Waals surface area contributed by atoms with Crippen LogP contribution in [0.1, 0.15) is 15.9 Å². The molecular formula is C18H13FN6O2. The summed E-state index contributed by atoms with van der Waals surface area (Å²) in [5, 5.41) is 17.6. The van der Waals surface area contributed by atoms with Crippen LogP contribution in [0.25, 0.3) is 0 Å². The van der Waals surface area contributed by atoms with Crippen molar-refractivity contribution >= 4 is 23.2 Å². The number of amides is 2. The number of aromatic nitrogens is 3. The molecule has 2 amide bonds. The molecule has 0 radical (unpaired) electrons. The zero-order chi connectivity index (χ0) is 19.2. The molecule has 134 valence electrons. The van der Waals surface area contributed by atoms with Gasteiger partial charge >= 0.3 is 0 Å². The van der Waals surface area contributed by atoms with Crippen molar-refractivity contribution in [2.45, 2.75) is 6.54 Å². The summed E-state index contributed by atoms with van der Waals surface area (Å²) in [4.78, 5) is 27.9. The molecule has 0 unspecified atom stereocenters. The van der Waals surface area contributed by atoms with E-state index in [4.69, 9.17) is 5.26 Å². The van der Waals surface area contributed by atoms with Gasteiger partial charge in [0.1, 0.15) is 25.0 Å². The number of halogens is 1. The predicted octanol–water partition coefficient (Wildman–Crippen LogP) is 2.18. The van der Waals surface area contributed by atoms with Gasteiger partial charge in [0.2, 0.25) is 5.91 Å². The summed E-state index contributed by atoms with van der Waals surface area (Å²) in [7, 11) is 0. The molecule has 0 aliphatic carbocycles. The van der Waals surface area contributed by atoms with Gasteiger partial charge in [0.25, 0.3) is 5.91 Å². The van der Waals surface area contributed by atoms with Crippen LogP contribution in [0.4, 0.5) is 15.8 Å². The zero-order valence-electron chi connectivity index (χ0n) is 13.9. The highest BCUT2D eigenvalue weighted by Gasteiger charge is 2.11. The van der Waals surface area contributed by atoms with Crippen LogP contribution >= 0.6 is 0 Å². The van der Waals surface area contributed by atoms with Crippen molar-refractivity contribution in [2.24, 2.45) is 0 Å². The maximum atomic E-state index is 14.0. The minimum atomic E-state index is -0.640. The van der Waals surface area contributed by atoms with E-state index in [0.717, 1.165) is 6.07 Å². The van der Waals surface area contributed by atoms with Crippen LogP contribution in [-0.2, 0) is 11.3 Å². The lowest BCUT2D eigenvalue weighted by Gasteiger charge is -2.10. The van der Waals surface area contributed by atoms with E-state index in [0.29, 0.717) is 16.8 Å². The first-order chi connectivity index (χ1) is 13.0. The number of benzene rings is 2. The van der Waals surface area contributed by atoms with E-state index in [-0.39, 0.29) is 12.2 Å². The van der Waals surface area contributed by atoms with Gasteiger partial charge in [-0.05, 0) is 42.5 Å². The van der Waals surface area contributed by atoms with Crippen molar-refractivity contribution in [3.63, 3.8) is 0 Å². The van der Waals surface area contributed by atoms with Crippen molar-refractivity contribution in [1.29, 1.82) is 5.26 Å². The number of nitriles is 1. The molecule has 3 rings (SSSR count). The Morgan fingerprint density at radius 1 is 1.15 bits per heavy atom. The fraction of sp³-hybridized carbons (Fsp3) is 0.0556. The molecule has 1 heterocycles. The Morgan fingerprint density at radius 3 is 2.59 bits per heavy atom. The number of hydrogen-bond acceptors (Lipinski definition) is 5. The van der Waals surface area contributed by atoms with E-state index in [9.17, 15) is 14.0 Å². The third-order valence-corrected chi connectivity index (χ3v) is 3.55. The number of anilines is 2. The summed E-state index contributed by atoms with van der Waals surface area (Å²) in [6, 6.07) is 11.9. The normalized spacial score (nSPS) is 10.1. The van der Waals surface area contributed by atoms with Gasteiger partial charge in [-0.2, -0.15) is 10.4 Å². The van der Waals surface area contributed by atoms with E-state index >= 15 is 0 Å². The Hall–Kier alpha value is -4.06. The number of nitrogens with one attached hydrogen (secondary N) is 2. The Kier molecular flexibility index (Phi) is 5.18. The van der Waals surface area contributed by atoms with Crippen LogP contribution in [0, 0.1) is 17.1 Å². The topological polar surface area (TPSA) is 113 Å². The van der Waals surface area contributed by atoms with Gasteiger partial charge in [-0.15, -0.1) is 0 Å². The second-order valence-electron chi connectivity index (χ2n) is 5.48. The number of carbonyl (C=O) groups excluding carboxylic acids is 2. The Morgan fingerprint density at radius 2 is 1.93 bits per heavy atom. The number of rotatable bonds is 5. The van der Waals surface area contributed by atoms with E-state index in [2.05, 4.69) is 20.7 Å². The van der Waals surface area contributed by atoms with Crippen LogP contribution < -0.4 is 10.6 Å². The molecule has 0 fully saturated rings. The minimum absolute atomic E-state index is 0.0715. The zero-order valence-corrected chi connectivity index (χ0v) is 13.9. The molecular weight excluding hydrogens is 351 g/mol. The fourth-order valence-corrected chi connectivity index (χ4v) is 2.25. The summed E-state index contributed by atoms with van der Waals surface area (Å²) in [5.41, 5.74) is 1.01. The van der Waals surface area contributed by atoms with Gasteiger partial charge in [0, 0.05) is 11.3 Å². The molecule has 0 atom stereocenters. The first kappa shape index (κ1) is 17.8. The minimum Gasteiger partial charge on any atom is -0.322 e. The van der Waals surface area contributed by atoms with Crippen molar-refractivity contribution in [2.75, 3.05) is 10.6 Å². The molecule has 2 N–H and O–H groups in total. The monoisotopic (exact) mass is 364 g/mol. The van der Waals surface area contributed by atoms with Crippen LogP contribution in [0.3, 0.4) is 0 Å². The standard InChI is InChI=1S/C18H13FN6O2/c19-15-6-5-14(23-18(27)13-3-1-12(8-20)2-4-13)7-16(15)24-17(26)9-25-11-21-10-22-25/h1-7,10-11H,9H2,(H,23,27)(H,24,26). The second-order valence-corrected chi connectivity index (χ2v) is 5.48. The first-order valence-corrected chi connectivity index (χ1v) is 7.78. The molecule has 3 aromatic rings. The molecule has 2 aromatic carbocycles. The van der Waals surface area contributed by atoms with Crippen molar-refractivity contribution in [3.8, 4) is 6.07 Å². The Bertz CT molecular complexity index is 1010. The Labute approximate surface area is 153 Å². The largest absolute Gasteiger partial charge is 0.322 e. The van der Waals surface area contributed by atoms with E-state index < -0.39 is 17.6 Å². The lowest BCUT2D eigenvalue weighted by Crippen LogP contribution is -2.20. The third kappa shape index (κ3) is 4.52. The lowest BCUT2D eigenvalue weighted by atomic mass is 10.1. The quantitative estimate of drug-likeness (QED) is 0.720. The van der Waals surface area contributed by atoms with Gasteiger partial charge < -0.3 is 10.6 Å². The average molecular weight is 364 g/mol. The van der Waals surface area contributed by atoms with Crippen LogP contribution in [0.15, 0.2) is 55.1 Å². The maximum Gasteiger partial charge on any atom is 0.255 e. The number of hydrogen-bond donors (Lipinski definition) is 2. The Balaban J connectivity index is 1.69. The molecule has 0 saturated heterocycles. The molecule has 27 heavy (non-hydrogen) atoms. The lowest BCUT2D eigenvalue weighted by molar-refractivity contribution is -0.116. The van der Waals surface area contributed by atoms with E-state index in [1.54, 1.807) is 0 Å². The molecule has 1 aromatic heterocycles. The van der Waals surface area contributed by atoms with Crippen molar-refractivity contribution in [3.05, 3.63) is 72.1 Å². The average Bonchev–Trinajstić information content (AvgIpc) is 3.17. The molecule has 0 aliphatic heterocycles. The predicted molar refractivity (Wildman–Crippen MR) is 94.2 cm³/mol. The van der Waals surface area contributed by atoms with Crippen molar-refractivity contribution < 1.29 is 14.0 Å². The van der Waals surface area contributed by atoms with Gasteiger partial charge in [-0.1, -0.05) is 0 Å². The first-order valence-electron chi connectivity index (χ1n) is 7.78. The van der Waals surface area contributed by atoms with Gasteiger partial charge in [0.15, 0.2) is 0 Å². The van der Waals surface area contributed by atoms with Crippen LogP contribution in [0.5, 0.6) is 0 Å². The summed E-state index contributed by atoms with van der Waals surface area (Å²) < 4.78 is 15.3. The summed E-state index contributed by atoms with van der Waals surface area (Å²) in [6.07, 6.45) is 2.65. The van der Waals surface area contributed by atoms with Crippen molar-refractivity contribution in [1.82, 2.24) is 14.8 Å². The van der Waals surface area contributed by atoms with Crippen LogP contribution in [0.2, 0.25) is 0 Å². The summed E-state index contributed by atoms with van der Waals surface area (Å²) >= 11 is 0. The number of carbonyl (C=O) groups is 2. The number of nitrogens with zero attached hydrogens (tertiary/aromatic N) is 4. The van der Waals surface area contributed by atoms with E-state index in [1.807, 2.05) is 6.07 Å². The highest BCUT2D eigenvalue weighted by molar-refractivity contribution is 6.04. The van der Waals surface area contributed by atoms with Gasteiger partial charge in [0.05, 0.1) is 17.3 Å². The SMILES string of the molecule is N#Cc1ccc(C(=O)Nc2ccc(F)c(NC(=O)Cn3cncn3)c2)cc1.